The number of carbonyl (C=O) groups excluding carboxylic acids is 1. The number of hydrogen-bond acceptors (Lipinski definition) is 2. The highest BCUT2D eigenvalue weighted by atomic mass is 79.9. The zero-order valence-corrected chi connectivity index (χ0v) is 14.8. The molecule has 0 aromatic heterocycles. The van der Waals surface area contributed by atoms with Gasteiger partial charge in [0, 0.05) is 14.5 Å². The molecule has 2 atom stereocenters. The monoisotopic (exact) mass is 417 g/mol. The molecule has 1 aliphatic carbocycles. The maximum Gasteiger partial charge on any atom is 0.329 e. The van der Waals surface area contributed by atoms with Gasteiger partial charge in [0.25, 0.3) is 5.91 Å². The van der Waals surface area contributed by atoms with Gasteiger partial charge in [-0.25, -0.2) is 4.79 Å². The second-order valence-electron chi connectivity index (χ2n) is 5.70. The average molecular weight is 419 g/mol. The van der Waals surface area contributed by atoms with Crippen molar-refractivity contribution in [1.29, 1.82) is 0 Å². The molecule has 1 aromatic carbocycles. The van der Waals surface area contributed by atoms with Gasteiger partial charge in [0.2, 0.25) is 0 Å². The number of rotatable bonds is 3. The minimum Gasteiger partial charge on any atom is -0.480 e. The third kappa shape index (κ3) is 3.86. The normalized spacial score (nSPS) is 25.4. The SMILES string of the molecule is CC1CCCC(NC(=O)c2cc(Br)cc(Br)c2)(C(=O)O)C1. The first-order chi connectivity index (χ1) is 9.82. The number of aliphatic carboxylic acids is 1. The molecule has 0 spiro atoms. The van der Waals surface area contributed by atoms with Crippen molar-refractivity contribution >= 4 is 43.7 Å². The van der Waals surface area contributed by atoms with Crippen molar-refractivity contribution < 1.29 is 14.7 Å². The lowest BCUT2D eigenvalue weighted by Crippen LogP contribution is -2.56. The van der Waals surface area contributed by atoms with E-state index < -0.39 is 11.5 Å². The van der Waals surface area contributed by atoms with Gasteiger partial charge >= 0.3 is 5.97 Å². The molecule has 2 unspecified atom stereocenters. The molecule has 0 saturated heterocycles. The van der Waals surface area contributed by atoms with E-state index in [1.54, 1.807) is 12.1 Å². The van der Waals surface area contributed by atoms with Crippen LogP contribution in [0.5, 0.6) is 0 Å². The van der Waals surface area contributed by atoms with E-state index in [9.17, 15) is 14.7 Å². The quantitative estimate of drug-likeness (QED) is 0.780. The van der Waals surface area contributed by atoms with Gasteiger partial charge in [0.1, 0.15) is 5.54 Å². The summed E-state index contributed by atoms with van der Waals surface area (Å²) < 4.78 is 1.53. The highest BCUT2D eigenvalue weighted by Gasteiger charge is 2.43. The predicted octanol–water partition coefficient (Wildman–Crippen LogP) is 3.97. The zero-order valence-electron chi connectivity index (χ0n) is 11.7. The molecule has 6 heteroatoms. The number of amides is 1. The first-order valence-electron chi connectivity index (χ1n) is 6.84. The molecule has 1 saturated carbocycles. The summed E-state index contributed by atoms with van der Waals surface area (Å²) in [6, 6.07) is 5.19. The first kappa shape index (κ1) is 16.5. The van der Waals surface area contributed by atoms with Crippen LogP contribution in [0, 0.1) is 5.92 Å². The summed E-state index contributed by atoms with van der Waals surface area (Å²) in [5.74, 6) is -1.01. The lowest BCUT2D eigenvalue weighted by Gasteiger charge is -2.37. The summed E-state index contributed by atoms with van der Waals surface area (Å²) in [4.78, 5) is 24.1. The van der Waals surface area contributed by atoms with Crippen molar-refractivity contribution in [3.05, 3.63) is 32.7 Å². The van der Waals surface area contributed by atoms with Crippen molar-refractivity contribution in [1.82, 2.24) is 5.32 Å². The Kier molecular flexibility index (Phi) is 5.09. The van der Waals surface area contributed by atoms with Gasteiger partial charge in [0.15, 0.2) is 0 Å². The van der Waals surface area contributed by atoms with Crippen molar-refractivity contribution in [2.45, 2.75) is 38.1 Å². The molecule has 0 radical (unpaired) electrons. The minimum atomic E-state index is -1.15. The smallest absolute Gasteiger partial charge is 0.329 e. The van der Waals surface area contributed by atoms with Crippen LogP contribution >= 0.6 is 31.9 Å². The topological polar surface area (TPSA) is 66.4 Å². The van der Waals surface area contributed by atoms with E-state index in [-0.39, 0.29) is 5.91 Å². The van der Waals surface area contributed by atoms with Crippen LogP contribution in [0.4, 0.5) is 0 Å². The summed E-state index contributed by atoms with van der Waals surface area (Å²) in [5.41, 5.74) is -0.709. The maximum absolute atomic E-state index is 12.4. The molecule has 1 aromatic rings. The molecule has 1 fully saturated rings. The number of carboxylic acid groups (broad SMARTS) is 1. The zero-order chi connectivity index (χ0) is 15.6. The summed E-state index contributed by atoms with van der Waals surface area (Å²) in [6.45, 7) is 2.03. The van der Waals surface area contributed by atoms with Gasteiger partial charge < -0.3 is 10.4 Å². The second kappa shape index (κ2) is 6.48. The lowest BCUT2D eigenvalue weighted by atomic mass is 9.76. The van der Waals surface area contributed by atoms with Crippen LogP contribution in [0.2, 0.25) is 0 Å². The Morgan fingerprint density at radius 3 is 2.43 bits per heavy atom. The highest BCUT2D eigenvalue weighted by Crippen LogP contribution is 2.33. The van der Waals surface area contributed by atoms with E-state index in [0.29, 0.717) is 24.3 Å². The molecule has 0 bridgehead atoms. The summed E-state index contributed by atoms with van der Waals surface area (Å²) in [5, 5.41) is 12.3. The highest BCUT2D eigenvalue weighted by molar-refractivity contribution is 9.11. The predicted molar refractivity (Wildman–Crippen MR) is 87.3 cm³/mol. The fraction of sp³-hybridized carbons (Fsp3) is 0.467. The van der Waals surface area contributed by atoms with Crippen LogP contribution in [0.1, 0.15) is 43.0 Å². The Morgan fingerprint density at radius 2 is 1.90 bits per heavy atom. The van der Waals surface area contributed by atoms with E-state index >= 15 is 0 Å². The average Bonchev–Trinajstić information content (AvgIpc) is 2.37. The van der Waals surface area contributed by atoms with Crippen LogP contribution < -0.4 is 5.32 Å². The Labute approximate surface area is 140 Å². The first-order valence-corrected chi connectivity index (χ1v) is 8.43. The van der Waals surface area contributed by atoms with Gasteiger partial charge in [-0.05, 0) is 37.0 Å². The molecule has 2 rings (SSSR count). The van der Waals surface area contributed by atoms with Crippen LogP contribution in [-0.2, 0) is 4.79 Å². The molecule has 0 aliphatic heterocycles. The molecule has 2 N–H and O–H groups in total. The van der Waals surface area contributed by atoms with E-state index in [1.165, 1.54) is 0 Å². The van der Waals surface area contributed by atoms with Gasteiger partial charge in [-0.15, -0.1) is 0 Å². The molecular weight excluding hydrogens is 402 g/mol. The maximum atomic E-state index is 12.4. The number of carboxylic acids is 1. The lowest BCUT2D eigenvalue weighted by molar-refractivity contribution is -0.146. The molecule has 0 heterocycles. The largest absolute Gasteiger partial charge is 0.480 e. The van der Waals surface area contributed by atoms with E-state index in [2.05, 4.69) is 37.2 Å². The Hall–Kier alpha value is -0.880. The Morgan fingerprint density at radius 1 is 1.29 bits per heavy atom. The molecule has 114 valence electrons. The van der Waals surface area contributed by atoms with Crippen LogP contribution in [-0.4, -0.2) is 22.5 Å². The summed E-state index contributed by atoms with van der Waals surface area (Å²) in [6.07, 6.45) is 2.78. The molecule has 1 amide bonds. The number of hydrogen-bond donors (Lipinski definition) is 2. The van der Waals surface area contributed by atoms with Gasteiger partial charge in [0.05, 0.1) is 0 Å². The van der Waals surface area contributed by atoms with Crippen molar-refractivity contribution in [3.63, 3.8) is 0 Å². The number of benzene rings is 1. The fourth-order valence-corrected chi connectivity index (χ4v) is 4.18. The fourth-order valence-electron chi connectivity index (χ4n) is 2.89. The Bertz CT molecular complexity index is 556. The van der Waals surface area contributed by atoms with Crippen molar-refractivity contribution in [2.24, 2.45) is 5.92 Å². The van der Waals surface area contributed by atoms with Gasteiger partial charge in [-0.3, -0.25) is 4.79 Å². The molecule has 21 heavy (non-hydrogen) atoms. The third-order valence-corrected chi connectivity index (χ3v) is 4.80. The van der Waals surface area contributed by atoms with Gasteiger partial charge in [-0.1, -0.05) is 51.6 Å². The Balaban J connectivity index is 2.24. The summed E-state index contributed by atoms with van der Waals surface area (Å²) in [7, 11) is 0. The molecular formula is C15H17Br2NO3. The third-order valence-electron chi connectivity index (χ3n) is 3.88. The number of halogens is 2. The van der Waals surface area contributed by atoms with Crippen LogP contribution in [0.3, 0.4) is 0 Å². The minimum absolute atomic E-state index is 0.296. The van der Waals surface area contributed by atoms with Crippen molar-refractivity contribution in [3.8, 4) is 0 Å². The number of nitrogens with one attached hydrogen (secondary N) is 1. The van der Waals surface area contributed by atoms with Crippen LogP contribution in [0.15, 0.2) is 27.1 Å². The van der Waals surface area contributed by atoms with E-state index in [0.717, 1.165) is 21.8 Å². The van der Waals surface area contributed by atoms with E-state index in [1.807, 2.05) is 13.0 Å². The molecule has 4 nitrogen and oxygen atoms in total. The second-order valence-corrected chi connectivity index (χ2v) is 7.53. The van der Waals surface area contributed by atoms with E-state index in [4.69, 9.17) is 0 Å². The van der Waals surface area contributed by atoms with Gasteiger partial charge in [-0.2, -0.15) is 0 Å². The molecule has 1 aliphatic rings. The number of carbonyl (C=O) groups is 2. The summed E-state index contributed by atoms with van der Waals surface area (Å²) >= 11 is 6.66. The standard InChI is InChI=1S/C15H17Br2NO3/c1-9-3-2-4-15(8-9,14(20)21)18-13(19)10-5-11(16)7-12(17)6-10/h5-7,9H,2-4,8H2,1H3,(H,18,19)(H,20,21). The van der Waals surface area contributed by atoms with Crippen LogP contribution in [0.25, 0.3) is 0 Å². The van der Waals surface area contributed by atoms with Crippen molar-refractivity contribution in [2.75, 3.05) is 0 Å².